The molecule has 0 unspecified atom stereocenters. The minimum atomic E-state index is -0.495. The summed E-state index contributed by atoms with van der Waals surface area (Å²) in [5.74, 6) is 0.370. The molecule has 140 valence electrons. The molecule has 0 aromatic carbocycles. The van der Waals surface area contributed by atoms with E-state index in [0.717, 1.165) is 32.7 Å². The summed E-state index contributed by atoms with van der Waals surface area (Å²) in [6, 6.07) is 3.02. The van der Waals surface area contributed by atoms with Gasteiger partial charge >= 0.3 is 6.03 Å². The third-order valence-corrected chi connectivity index (χ3v) is 4.27. The Labute approximate surface area is 149 Å². The maximum atomic E-state index is 12.0. The van der Waals surface area contributed by atoms with Crippen LogP contribution in [0.1, 0.15) is 33.0 Å². The van der Waals surface area contributed by atoms with Crippen LogP contribution >= 0.6 is 0 Å². The van der Waals surface area contributed by atoms with E-state index in [2.05, 4.69) is 41.2 Å². The fourth-order valence-corrected chi connectivity index (χ4v) is 2.66. The first-order valence-electron chi connectivity index (χ1n) is 8.86. The van der Waals surface area contributed by atoms with Gasteiger partial charge in [0.05, 0.1) is 19.4 Å². The minimum Gasteiger partial charge on any atom is -0.467 e. The molecule has 0 saturated carbocycles. The van der Waals surface area contributed by atoms with Gasteiger partial charge in [-0.15, -0.1) is 0 Å². The van der Waals surface area contributed by atoms with E-state index in [0.29, 0.717) is 11.2 Å². The standard InChI is InChI=1S/C18H30N4O3/c1-18(2,3)6-7-21-8-10-22(11-9-21)14-16(23)20-17(24)19-13-15-5-4-12-25-15/h4-5,12H,6-11,13-14H2,1-3H3,(H2,19,20,23,24). The molecule has 1 saturated heterocycles. The Bertz CT molecular complexity index is 543. The zero-order valence-corrected chi connectivity index (χ0v) is 15.5. The van der Waals surface area contributed by atoms with E-state index >= 15 is 0 Å². The second-order valence-electron chi connectivity index (χ2n) is 7.74. The molecule has 0 aliphatic carbocycles. The number of carbonyl (C=O) groups is 2. The summed E-state index contributed by atoms with van der Waals surface area (Å²) in [5, 5.41) is 4.96. The monoisotopic (exact) mass is 350 g/mol. The Morgan fingerprint density at radius 1 is 1.16 bits per heavy atom. The Morgan fingerprint density at radius 2 is 1.84 bits per heavy atom. The maximum Gasteiger partial charge on any atom is 0.321 e. The smallest absolute Gasteiger partial charge is 0.321 e. The van der Waals surface area contributed by atoms with Gasteiger partial charge in [0.1, 0.15) is 5.76 Å². The number of piperazine rings is 1. The molecule has 2 heterocycles. The van der Waals surface area contributed by atoms with Crippen LogP contribution in [0, 0.1) is 5.41 Å². The number of rotatable bonds is 6. The molecule has 0 spiro atoms. The number of furan rings is 1. The highest BCUT2D eigenvalue weighted by Gasteiger charge is 2.21. The van der Waals surface area contributed by atoms with E-state index in [1.807, 2.05) is 0 Å². The predicted molar refractivity (Wildman–Crippen MR) is 96.0 cm³/mol. The van der Waals surface area contributed by atoms with Gasteiger partial charge in [-0.3, -0.25) is 15.0 Å². The van der Waals surface area contributed by atoms with Gasteiger partial charge in [0.25, 0.3) is 0 Å². The van der Waals surface area contributed by atoms with Crippen molar-refractivity contribution in [2.75, 3.05) is 39.3 Å². The summed E-state index contributed by atoms with van der Waals surface area (Å²) >= 11 is 0. The van der Waals surface area contributed by atoms with Crippen LogP contribution in [0.25, 0.3) is 0 Å². The largest absolute Gasteiger partial charge is 0.467 e. The lowest BCUT2D eigenvalue weighted by atomic mass is 9.92. The highest BCUT2D eigenvalue weighted by Crippen LogP contribution is 2.19. The molecule has 25 heavy (non-hydrogen) atoms. The highest BCUT2D eigenvalue weighted by atomic mass is 16.3. The molecule has 1 aromatic rings. The molecular weight excluding hydrogens is 320 g/mol. The Morgan fingerprint density at radius 3 is 2.44 bits per heavy atom. The third-order valence-electron chi connectivity index (χ3n) is 4.27. The van der Waals surface area contributed by atoms with Crippen molar-refractivity contribution in [2.45, 2.75) is 33.7 Å². The van der Waals surface area contributed by atoms with Gasteiger partial charge in [0, 0.05) is 26.2 Å². The van der Waals surface area contributed by atoms with Gasteiger partial charge in [0.15, 0.2) is 0 Å². The second kappa shape index (κ2) is 9.01. The average molecular weight is 350 g/mol. The number of hydrogen-bond acceptors (Lipinski definition) is 5. The van der Waals surface area contributed by atoms with Crippen molar-refractivity contribution >= 4 is 11.9 Å². The molecule has 1 aromatic heterocycles. The molecule has 2 rings (SSSR count). The lowest BCUT2D eigenvalue weighted by molar-refractivity contribution is -0.121. The van der Waals surface area contributed by atoms with E-state index in [4.69, 9.17) is 4.42 Å². The van der Waals surface area contributed by atoms with Crippen LogP contribution in [0.4, 0.5) is 4.79 Å². The van der Waals surface area contributed by atoms with Gasteiger partial charge in [-0.2, -0.15) is 0 Å². The molecule has 1 aliphatic rings. The summed E-state index contributed by atoms with van der Waals surface area (Å²) in [6.45, 7) is 12.0. The number of nitrogens with zero attached hydrogens (tertiary/aromatic N) is 2. The molecule has 0 radical (unpaired) electrons. The molecule has 1 fully saturated rings. The first-order chi connectivity index (χ1) is 11.8. The van der Waals surface area contributed by atoms with Crippen LogP contribution in [0.5, 0.6) is 0 Å². The van der Waals surface area contributed by atoms with Gasteiger partial charge in [0.2, 0.25) is 5.91 Å². The zero-order chi connectivity index (χ0) is 18.3. The highest BCUT2D eigenvalue weighted by molar-refractivity contribution is 5.95. The van der Waals surface area contributed by atoms with Crippen LogP contribution in [0.3, 0.4) is 0 Å². The van der Waals surface area contributed by atoms with Crippen molar-refractivity contribution in [1.82, 2.24) is 20.4 Å². The van der Waals surface area contributed by atoms with Crippen LogP contribution < -0.4 is 10.6 Å². The lowest BCUT2D eigenvalue weighted by Crippen LogP contribution is -2.51. The van der Waals surface area contributed by atoms with Crippen molar-refractivity contribution in [3.05, 3.63) is 24.2 Å². The third kappa shape index (κ3) is 7.70. The van der Waals surface area contributed by atoms with Crippen molar-refractivity contribution in [2.24, 2.45) is 5.41 Å². The number of amides is 3. The zero-order valence-electron chi connectivity index (χ0n) is 15.5. The molecule has 0 bridgehead atoms. The number of carbonyl (C=O) groups excluding carboxylic acids is 2. The normalized spacial score (nSPS) is 16.6. The van der Waals surface area contributed by atoms with E-state index in [1.54, 1.807) is 18.4 Å². The van der Waals surface area contributed by atoms with Gasteiger partial charge in [-0.25, -0.2) is 4.79 Å². The Balaban J connectivity index is 1.60. The lowest BCUT2D eigenvalue weighted by Gasteiger charge is -2.35. The predicted octanol–water partition coefficient (Wildman–Crippen LogP) is 1.66. The van der Waals surface area contributed by atoms with E-state index in [-0.39, 0.29) is 19.0 Å². The van der Waals surface area contributed by atoms with Crippen molar-refractivity contribution in [3.8, 4) is 0 Å². The summed E-state index contributed by atoms with van der Waals surface area (Å²) in [4.78, 5) is 28.2. The van der Waals surface area contributed by atoms with E-state index < -0.39 is 6.03 Å². The van der Waals surface area contributed by atoms with Crippen LogP contribution in [-0.2, 0) is 11.3 Å². The summed E-state index contributed by atoms with van der Waals surface area (Å²) in [7, 11) is 0. The quantitative estimate of drug-likeness (QED) is 0.816. The molecular formula is C18H30N4O3. The van der Waals surface area contributed by atoms with Crippen LogP contribution in [0.15, 0.2) is 22.8 Å². The van der Waals surface area contributed by atoms with Gasteiger partial charge in [-0.1, -0.05) is 20.8 Å². The van der Waals surface area contributed by atoms with Crippen molar-refractivity contribution < 1.29 is 14.0 Å². The Hall–Kier alpha value is -1.86. The summed E-state index contributed by atoms with van der Waals surface area (Å²) < 4.78 is 5.12. The van der Waals surface area contributed by atoms with Crippen LogP contribution in [-0.4, -0.2) is 61.0 Å². The second-order valence-corrected chi connectivity index (χ2v) is 7.74. The van der Waals surface area contributed by atoms with Crippen LogP contribution in [0.2, 0.25) is 0 Å². The molecule has 2 N–H and O–H groups in total. The van der Waals surface area contributed by atoms with Crippen molar-refractivity contribution in [1.29, 1.82) is 0 Å². The fraction of sp³-hybridized carbons (Fsp3) is 0.667. The molecule has 3 amide bonds. The summed E-state index contributed by atoms with van der Waals surface area (Å²) in [5.41, 5.74) is 0.347. The van der Waals surface area contributed by atoms with Gasteiger partial charge in [-0.05, 0) is 30.5 Å². The molecule has 1 aliphatic heterocycles. The molecule has 7 nitrogen and oxygen atoms in total. The average Bonchev–Trinajstić information content (AvgIpc) is 3.05. The number of imide groups is 1. The summed E-state index contributed by atoms with van der Waals surface area (Å²) in [6.07, 6.45) is 2.71. The topological polar surface area (TPSA) is 77.8 Å². The SMILES string of the molecule is CC(C)(C)CCN1CCN(CC(=O)NC(=O)NCc2ccco2)CC1. The number of urea groups is 1. The van der Waals surface area contributed by atoms with Crippen molar-refractivity contribution in [3.63, 3.8) is 0 Å². The fourth-order valence-electron chi connectivity index (χ4n) is 2.66. The Kier molecular flexibility index (Phi) is 7.01. The van der Waals surface area contributed by atoms with E-state index in [9.17, 15) is 9.59 Å². The molecule has 0 atom stereocenters. The number of hydrogen-bond donors (Lipinski definition) is 2. The number of nitrogens with one attached hydrogen (secondary N) is 2. The minimum absolute atomic E-state index is 0.251. The van der Waals surface area contributed by atoms with E-state index in [1.165, 1.54) is 6.42 Å². The molecule has 7 heteroatoms. The first-order valence-corrected chi connectivity index (χ1v) is 8.86. The van der Waals surface area contributed by atoms with Gasteiger partial charge < -0.3 is 14.6 Å². The maximum absolute atomic E-state index is 12.0. The first kappa shape index (κ1) is 19.5.